The molecular formula is C11H19N3O. The van der Waals surface area contributed by atoms with Crippen LogP contribution in [0.4, 0.5) is 0 Å². The minimum atomic E-state index is 0.183. The number of hydrogen-bond donors (Lipinski definition) is 2. The van der Waals surface area contributed by atoms with Crippen molar-refractivity contribution in [3.63, 3.8) is 0 Å². The highest BCUT2D eigenvalue weighted by Gasteiger charge is 2.22. The van der Waals surface area contributed by atoms with Gasteiger partial charge in [0, 0.05) is 18.7 Å². The second-order valence-electron chi connectivity index (χ2n) is 4.28. The Labute approximate surface area is 90.3 Å². The van der Waals surface area contributed by atoms with Crippen molar-refractivity contribution in [2.75, 3.05) is 20.2 Å². The minimum Gasteiger partial charge on any atom is -0.396 e. The number of aliphatic hydroxyl groups excluding tert-OH is 1. The van der Waals surface area contributed by atoms with Crippen molar-refractivity contribution < 1.29 is 5.11 Å². The molecule has 1 aliphatic heterocycles. The Morgan fingerprint density at radius 1 is 1.60 bits per heavy atom. The smallest absolute Gasteiger partial charge is 0.0796 e. The molecule has 0 spiro atoms. The van der Waals surface area contributed by atoms with E-state index in [0.29, 0.717) is 12.5 Å². The molecule has 1 saturated heterocycles. The van der Waals surface area contributed by atoms with E-state index in [9.17, 15) is 0 Å². The molecule has 0 bridgehead atoms. The van der Waals surface area contributed by atoms with Crippen molar-refractivity contribution in [2.24, 2.45) is 0 Å². The predicted octanol–water partition coefficient (Wildman–Crippen LogP) is 1.10. The average Bonchev–Trinajstić information content (AvgIpc) is 2.68. The molecule has 1 atom stereocenters. The number of H-pyrrole nitrogens is 1. The van der Waals surface area contributed by atoms with Gasteiger partial charge in [0.05, 0.1) is 11.7 Å². The van der Waals surface area contributed by atoms with E-state index in [2.05, 4.69) is 28.2 Å². The van der Waals surface area contributed by atoms with Crippen molar-refractivity contribution in [1.82, 2.24) is 15.1 Å². The third kappa shape index (κ3) is 2.38. The molecule has 0 aliphatic carbocycles. The van der Waals surface area contributed by atoms with Crippen molar-refractivity contribution in [3.8, 4) is 0 Å². The highest BCUT2D eigenvalue weighted by atomic mass is 16.3. The maximum Gasteiger partial charge on any atom is 0.0796 e. The summed E-state index contributed by atoms with van der Waals surface area (Å²) >= 11 is 0. The molecule has 15 heavy (non-hydrogen) atoms. The van der Waals surface area contributed by atoms with Crippen molar-refractivity contribution in [1.29, 1.82) is 0 Å². The van der Waals surface area contributed by atoms with Crippen LogP contribution in [0.1, 0.15) is 36.7 Å². The van der Waals surface area contributed by atoms with Crippen LogP contribution in [0.15, 0.2) is 6.07 Å². The Kier molecular flexibility index (Phi) is 3.38. The van der Waals surface area contributed by atoms with Gasteiger partial charge in [-0.25, -0.2) is 0 Å². The van der Waals surface area contributed by atoms with Gasteiger partial charge in [-0.15, -0.1) is 0 Å². The molecular weight excluding hydrogens is 190 g/mol. The average molecular weight is 209 g/mol. The number of aromatic amines is 1. The number of aliphatic hydroxyl groups is 1. The Morgan fingerprint density at radius 2 is 2.47 bits per heavy atom. The fraction of sp³-hybridized carbons (Fsp3) is 0.727. The molecule has 1 aromatic heterocycles. The first-order valence-electron chi connectivity index (χ1n) is 5.66. The molecule has 0 amide bonds. The normalized spacial score (nSPS) is 23.2. The van der Waals surface area contributed by atoms with Crippen molar-refractivity contribution in [3.05, 3.63) is 17.5 Å². The van der Waals surface area contributed by atoms with E-state index < -0.39 is 0 Å². The molecule has 2 heterocycles. The number of rotatable bonds is 3. The second-order valence-corrected chi connectivity index (χ2v) is 4.28. The van der Waals surface area contributed by atoms with Crippen LogP contribution < -0.4 is 0 Å². The van der Waals surface area contributed by atoms with Crippen LogP contribution in [0.2, 0.25) is 0 Å². The largest absolute Gasteiger partial charge is 0.396 e. The van der Waals surface area contributed by atoms with E-state index in [1.165, 1.54) is 19.3 Å². The molecule has 2 N–H and O–H groups in total. The van der Waals surface area contributed by atoms with Crippen LogP contribution in [0.5, 0.6) is 0 Å². The SMILES string of the molecule is CN1CCCC[C@H]1c1cc(CCO)[nH]n1. The van der Waals surface area contributed by atoms with E-state index in [1.807, 2.05) is 0 Å². The van der Waals surface area contributed by atoms with Crippen LogP contribution in [0.25, 0.3) is 0 Å². The summed E-state index contributed by atoms with van der Waals surface area (Å²) < 4.78 is 0. The molecule has 4 nitrogen and oxygen atoms in total. The molecule has 4 heteroatoms. The van der Waals surface area contributed by atoms with Crippen molar-refractivity contribution >= 4 is 0 Å². The summed E-state index contributed by atoms with van der Waals surface area (Å²) in [6.07, 6.45) is 4.45. The van der Waals surface area contributed by atoms with Gasteiger partial charge in [0.1, 0.15) is 0 Å². The van der Waals surface area contributed by atoms with Gasteiger partial charge in [-0.05, 0) is 32.5 Å². The summed E-state index contributed by atoms with van der Waals surface area (Å²) in [4.78, 5) is 2.36. The van der Waals surface area contributed by atoms with Crippen LogP contribution in [-0.2, 0) is 6.42 Å². The quantitative estimate of drug-likeness (QED) is 0.784. The van der Waals surface area contributed by atoms with E-state index in [1.54, 1.807) is 0 Å². The summed E-state index contributed by atoms with van der Waals surface area (Å²) in [5.41, 5.74) is 2.16. The van der Waals surface area contributed by atoms with E-state index in [-0.39, 0.29) is 6.61 Å². The van der Waals surface area contributed by atoms with E-state index >= 15 is 0 Å². The monoisotopic (exact) mass is 209 g/mol. The topological polar surface area (TPSA) is 52.1 Å². The lowest BCUT2D eigenvalue weighted by Crippen LogP contribution is -2.29. The summed E-state index contributed by atoms with van der Waals surface area (Å²) in [6, 6.07) is 2.55. The third-order valence-corrected chi connectivity index (χ3v) is 3.14. The van der Waals surface area contributed by atoms with Crippen LogP contribution in [0, 0.1) is 0 Å². The summed E-state index contributed by atoms with van der Waals surface area (Å²) in [5, 5.41) is 16.2. The Hall–Kier alpha value is -0.870. The first kappa shape index (κ1) is 10.6. The molecule has 2 rings (SSSR count). The summed E-state index contributed by atoms with van der Waals surface area (Å²) in [5.74, 6) is 0. The van der Waals surface area contributed by atoms with Gasteiger partial charge in [0.25, 0.3) is 0 Å². The molecule has 1 aromatic rings. The van der Waals surface area contributed by atoms with Gasteiger partial charge < -0.3 is 5.11 Å². The van der Waals surface area contributed by atoms with E-state index in [0.717, 1.165) is 17.9 Å². The molecule has 0 radical (unpaired) electrons. The Bertz CT molecular complexity index is 311. The second kappa shape index (κ2) is 4.77. The fourth-order valence-corrected chi connectivity index (χ4v) is 2.25. The maximum absolute atomic E-state index is 8.83. The molecule has 84 valence electrons. The number of nitrogens with one attached hydrogen (secondary N) is 1. The minimum absolute atomic E-state index is 0.183. The standard InChI is InChI=1S/C11H19N3O/c1-14-6-3-2-4-11(14)10-8-9(5-7-15)12-13-10/h8,11,15H,2-7H2,1H3,(H,12,13)/t11-/m0/s1. The fourth-order valence-electron chi connectivity index (χ4n) is 2.25. The number of piperidine rings is 1. The summed E-state index contributed by atoms with van der Waals surface area (Å²) in [6.45, 7) is 1.34. The number of likely N-dealkylation sites (tertiary alicyclic amines) is 1. The van der Waals surface area contributed by atoms with Crippen LogP contribution in [-0.4, -0.2) is 40.4 Å². The molecule has 1 fully saturated rings. The number of nitrogens with zero attached hydrogens (tertiary/aromatic N) is 2. The van der Waals surface area contributed by atoms with Gasteiger partial charge in [-0.3, -0.25) is 10.00 Å². The lowest BCUT2D eigenvalue weighted by Gasteiger charge is -2.30. The summed E-state index contributed by atoms with van der Waals surface area (Å²) in [7, 11) is 2.16. The third-order valence-electron chi connectivity index (χ3n) is 3.14. The lowest BCUT2D eigenvalue weighted by atomic mass is 10.00. The number of aromatic nitrogens is 2. The Balaban J connectivity index is 2.06. The van der Waals surface area contributed by atoms with Gasteiger partial charge in [0.2, 0.25) is 0 Å². The first-order valence-corrected chi connectivity index (χ1v) is 5.66. The van der Waals surface area contributed by atoms with Gasteiger partial charge >= 0.3 is 0 Å². The van der Waals surface area contributed by atoms with Gasteiger partial charge in [0.15, 0.2) is 0 Å². The maximum atomic E-state index is 8.83. The van der Waals surface area contributed by atoms with Crippen LogP contribution >= 0.6 is 0 Å². The predicted molar refractivity (Wildman–Crippen MR) is 58.6 cm³/mol. The van der Waals surface area contributed by atoms with Crippen molar-refractivity contribution in [2.45, 2.75) is 31.7 Å². The van der Waals surface area contributed by atoms with Crippen LogP contribution in [0.3, 0.4) is 0 Å². The lowest BCUT2D eigenvalue weighted by molar-refractivity contribution is 0.183. The first-order chi connectivity index (χ1) is 7.31. The zero-order valence-electron chi connectivity index (χ0n) is 9.24. The molecule has 0 aromatic carbocycles. The molecule has 0 unspecified atom stereocenters. The highest BCUT2D eigenvalue weighted by Crippen LogP contribution is 2.28. The van der Waals surface area contributed by atoms with Gasteiger partial charge in [-0.2, -0.15) is 5.10 Å². The highest BCUT2D eigenvalue weighted by molar-refractivity contribution is 5.13. The Morgan fingerprint density at radius 3 is 3.20 bits per heavy atom. The zero-order chi connectivity index (χ0) is 10.7. The number of hydrogen-bond acceptors (Lipinski definition) is 3. The zero-order valence-corrected chi connectivity index (χ0v) is 9.24. The molecule has 0 saturated carbocycles. The van der Waals surface area contributed by atoms with Gasteiger partial charge in [-0.1, -0.05) is 6.42 Å². The molecule has 1 aliphatic rings. The van der Waals surface area contributed by atoms with E-state index in [4.69, 9.17) is 5.11 Å².